The molecule has 0 aromatic heterocycles. The molecular weight excluding hydrogens is 204 g/mol. The van der Waals surface area contributed by atoms with Crippen LogP contribution in [0.15, 0.2) is 23.1 Å². The van der Waals surface area contributed by atoms with Crippen molar-refractivity contribution < 1.29 is 5.11 Å². The van der Waals surface area contributed by atoms with Gasteiger partial charge in [-0.3, -0.25) is 0 Å². The molecular formula is C13H20OS. The summed E-state index contributed by atoms with van der Waals surface area (Å²) in [7, 11) is 0. The normalized spacial score (nSPS) is 18.8. The molecule has 2 heteroatoms. The summed E-state index contributed by atoms with van der Waals surface area (Å²) in [5.41, 5.74) is 2.48. The van der Waals surface area contributed by atoms with Crippen LogP contribution < -0.4 is 0 Å². The van der Waals surface area contributed by atoms with E-state index in [4.69, 9.17) is 0 Å². The standard InChI is InChI=1S/C11H14OS.C2H6/c1-2-8-3-4-9-10(12)5-6-13-11(9)7-8;1-2/h3-4,7,10,12H,2,5-6H2,1H3;1-2H3. The summed E-state index contributed by atoms with van der Waals surface area (Å²) in [5, 5.41) is 9.71. The molecule has 1 aromatic rings. The Morgan fingerprint density at radius 3 is 2.80 bits per heavy atom. The molecule has 1 aliphatic rings. The smallest absolute Gasteiger partial charge is 0.0808 e. The van der Waals surface area contributed by atoms with Crippen molar-refractivity contribution in [2.24, 2.45) is 0 Å². The number of fused-ring (bicyclic) bond motifs is 1. The number of rotatable bonds is 1. The molecule has 15 heavy (non-hydrogen) atoms. The molecule has 0 saturated heterocycles. The third-order valence-electron chi connectivity index (χ3n) is 2.49. The molecule has 0 fully saturated rings. The van der Waals surface area contributed by atoms with Gasteiger partial charge in [-0.1, -0.05) is 32.9 Å². The fourth-order valence-electron chi connectivity index (χ4n) is 1.63. The van der Waals surface area contributed by atoms with Gasteiger partial charge in [0.25, 0.3) is 0 Å². The van der Waals surface area contributed by atoms with E-state index in [0.29, 0.717) is 0 Å². The summed E-state index contributed by atoms with van der Waals surface area (Å²) >= 11 is 1.86. The van der Waals surface area contributed by atoms with Gasteiger partial charge >= 0.3 is 0 Å². The van der Waals surface area contributed by atoms with E-state index in [-0.39, 0.29) is 6.10 Å². The number of aliphatic hydroxyl groups is 1. The quantitative estimate of drug-likeness (QED) is 0.783. The van der Waals surface area contributed by atoms with Gasteiger partial charge in [-0.2, -0.15) is 0 Å². The molecule has 1 aliphatic heterocycles. The molecule has 1 aromatic carbocycles. The summed E-state index contributed by atoms with van der Waals surface area (Å²) in [6.45, 7) is 6.16. The van der Waals surface area contributed by atoms with Crippen LogP contribution in [-0.4, -0.2) is 10.9 Å². The second kappa shape index (κ2) is 6.19. The van der Waals surface area contributed by atoms with Crippen molar-refractivity contribution in [1.29, 1.82) is 0 Å². The fraction of sp³-hybridized carbons (Fsp3) is 0.538. The SMILES string of the molecule is CC.CCc1ccc2c(c1)SCCC2O. The van der Waals surface area contributed by atoms with Crippen LogP contribution >= 0.6 is 11.8 Å². The highest BCUT2D eigenvalue weighted by atomic mass is 32.2. The van der Waals surface area contributed by atoms with E-state index < -0.39 is 0 Å². The Hall–Kier alpha value is -0.470. The van der Waals surface area contributed by atoms with Crippen molar-refractivity contribution in [2.45, 2.75) is 44.6 Å². The minimum Gasteiger partial charge on any atom is -0.388 e. The molecule has 0 amide bonds. The Labute approximate surface area is 96.9 Å². The number of aryl methyl sites for hydroxylation is 1. The zero-order valence-corrected chi connectivity index (χ0v) is 10.6. The maximum absolute atomic E-state index is 9.71. The highest BCUT2D eigenvalue weighted by Crippen LogP contribution is 2.36. The van der Waals surface area contributed by atoms with Crippen molar-refractivity contribution in [3.8, 4) is 0 Å². The Morgan fingerprint density at radius 2 is 2.13 bits per heavy atom. The maximum atomic E-state index is 9.71. The molecule has 84 valence electrons. The summed E-state index contributed by atoms with van der Waals surface area (Å²) in [4.78, 5) is 1.28. The van der Waals surface area contributed by atoms with Crippen LogP contribution in [0.25, 0.3) is 0 Å². The number of hydrogen-bond donors (Lipinski definition) is 1. The first-order valence-corrected chi connectivity index (χ1v) is 6.73. The van der Waals surface area contributed by atoms with Crippen molar-refractivity contribution >= 4 is 11.8 Å². The highest BCUT2D eigenvalue weighted by Gasteiger charge is 2.17. The third kappa shape index (κ3) is 2.99. The predicted molar refractivity (Wildman–Crippen MR) is 67.5 cm³/mol. The molecule has 0 spiro atoms. The fourth-order valence-corrected chi connectivity index (χ4v) is 2.80. The average Bonchev–Trinajstić information content (AvgIpc) is 2.31. The third-order valence-corrected chi connectivity index (χ3v) is 3.60. The Bertz CT molecular complexity index is 309. The first-order valence-electron chi connectivity index (χ1n) is 5.75. The average molecular weight is 224 g/mol. The lowest BCUT2D eigenvalue weighted by molar-refractivity contribution is 0.170. The topological polar surface area (TPSA) is 20.2 Å². The second-order valence-electron chi connectivity index (χ2n) is 3.38. The number of thioether (sulfide) groups is 1. The van der Waals surface area contributed by atoms with E-state index in [2.05, 4.69) is 25.1 Å². The van der Waals surface area contributed by atoms with Crippen molar-refractivity contribution in [3.05, 3.63) is 29.3 Å². The molecule has 1 unspecified atom stereocenters. The van der Waals surface area contributed by atoms with E-state index in [0.717, 1.165) is 24.2 Å². The zero-order chi connectivity index (χ0) is 11.3. The van der Waals surface area contributed by atoms with Crippen LogP contribution in [0.3, 0.4) is 0 Å². The summed E-state index contributed by atoms with van der Waals surface area (Å²) < 4.78 is 0. The van der Waals surface area contributed by atoms with E-state index in [9.17, 15) is 5.11 Å². The number of aliphatic hydroxyl groups excluding tert-OH is 1. The monoisotopic (exact) mass is 224 g/mol. The largest absolute Gasteiger partial charge is 0.388 e. The Morgan fingerprint density at radius 1 is 1.40 bits per heavy atom. The van der Waals surface area contributed by atoms with Crippen LogP contribution in [0.1, 0.15) is 44.4 Å². The van der Waals surface area contributed by atoms with Crippen molar-refractivity contribution in [3.63, 3.8) is 0 Å². The first kappa shape index (κ1) is 12.6. The lowest BCUT2D eigenvalue weighted by Gasteiger charge is -2.21. The van der Waals surface area contributed by atoms with Gasteiger partial charge in [0.1, 0.15) is 0 Å². The van der Waals surface area contributed by atoms with E-state index in [1.165, 1.54) is 10.5 Å². The minimum atomic E-state index is -0.234. The van der Waals surface area contributed by atoms with Gasteiger partial charge in [0.2, 0.25) is 0 Å². The molecule has 0 bridgehead atoms. The molecule has 1 atom stereocenters. The predicted octanol–water partition coefficient (Wildman–Crippen LogP) is 3.80. The van der Waals surface area contributed by atoms with E-state index in [1.807, 2.05) is 25.6 Å². The summed E-state index contributed by atoms with van der Waals surface area (Å²) in [5.74, 6) is 1.04. The summed E-state index contributed by atoms with van der Waals surface area (Å²) in [6.07, 6.45) is 1.73. The first-order chi connectivity index (χ1) is 7.31. The second-order valence-corrected chi connectivity index (χ2v) is 4.52. The van der Waals surface area contributed by atoms with Crippen molar-refractivity contribution in [1.82, 2.24) is 0 Å². The molecule has 0 radical (unpaired) electrons. The zero-order valence-electron chi connectivity index (χ0n) is 9.79. The number of hydrogen-bond acceptors (Lipinski definition) is 2. The number of benzene rings is 1. The summed E-state index contributed by atoms with van der Waals surface area (Å²) in [6, 6.07) is 6.40. The van der Waals surface area contributed by atoms with Crippen molar-refractivity contribution in [2.75, 3.05) is 5.75 Å². The van der Waals surface area contributed by atoms with Gasteiger partial charge in [-0.05, 0) is 30.0 Å². The van der Waals surface area contributed by atoms with Gasteiger partial charge in [0.05, 0.1) is 6.10 Å². The molecule has 0 saturated carbocycles. The van der Waals surface area contributed by atoms with Gasteiger partial charge < -0.3 is 5.11 Å². The molecule has 1 N–H and O–H groups in total. The molecule has 1 nitrogen and oxygen atoms in total. The van der Waals surface area contributed by atoms with E-state index >= 15 is 0 Å². The van der Waals surface area contributed by atoms with Crippen LogP contribution in [0.2, 0.25) is 0 Å². The van der Waals surface area contributed by atoms with Gasteiger partial charge in [0.15, 0.2) is 0 Å². The van der Waals surface area contributed by atoms with Crippen LogP contribution in [-0.2, 0) is 6.42 Å². The van der Waals surface area contributed by atoms with E-state index in [1.54, 1.807) is 0 Å². The van der Waals surface area contributed by atoms with Gasteiger partial charge in [0, 0.05) is 10.6 Å². The Balaban J connectivity index is 0.000000531. The van der Waals surface area contributed by atoms with Gasteiger partial charge in [-0.15, -0.1) is 11.8 Å². The molecule has 2 rings (SSSR count). The van der Waals surface area contributed by atoms with Crippen LogP contribution in [0.4, 0.5) is 0 Å². The highest BCUT2D eigenvalue weighted by molar-refractivity contribution is 7.99. The molecule has 1 heterocycles. The van der Waals surface area contributed by atoms with Crippen LogP contribution in [0, 0.1) is 0 Å². The molecule has 0 aliphatic carbocycles. The Kier molecular flexibility index (Phi) is 5.20. The van der Waals surface area contributed by atoms with Crippen LogP contribution in [0.5, 0.6) is 0 Å². The maximum Gasteiger partial charge on any atom is 0.0808 e. The minimum absolute atomic E-state index is 0.234. The lowest BCUT2D eigenvalue weighted by atomic mass is 10.0. The van der Waals surface area contributed by atoms with Gasteiger partial charge in [-0.25, -0.2) is 0 Å². The lowest BCUT2D eigenvalue weighted by Crippen LogP contribution is -2.06.